The zero-order chi connectivity index (χ0) is 14.0. The van der Waals surface area contributed by atoms with Crippen LogP contribution in [0.1, 0.15) is 0 Å². The van der Waals surface area contributed by atoms with Crippen LogP contribution >= 0.6 is 35.1 Å². The first-order valence-electron chi connectivity index (χ1n) is 5.02. The van der Waals surface area contributed by atoms with Crippen molar-refractivity contribution in [3.05, 3.63) is 52.0 Å². The van der Waals surface area contributed by atoms with Gasteiger partial charge < -0.3 is 9.83 Å². The molecular weight excluding hydrogens is 315 g/mol. The molecule has 0 amide bonds. The van der Waals surface area contributed by atoms with E-state index in [1.54, 1.807) is 0 Å². The highest BCUT2D eigenvalue weighted by atomic mass is 35.5. The van der Waals surface area contributed by atoms with Crippen LogP contribution in [-0.2, 0) is 0 Å². The molecule has 0 bridgehead atoms. The quantitative estimate of drug-likeness (QED) is 0.772. The topological polar surface area (TPSA) is 32.3 Å². The maximum absolute atomic E-state index is 13.0. The van der Waals surface area contributed by atoms with E-state index in [0.29, 0.717) is 9.92 Å². The molecule has 0 aromatic heterocycles. The fourth-order valence-corrected chi connectivity index (χ4v) is 2.70. The average Bonchev–Trinajstić information content (AvgIpc) is 2.30. The van der Waals surface area contributed by atoms with Gasteiger partial charge in [-0.15, -0.1) is 0 Å². The zero-order valence-electron chi connectivity index (χ0n) is 9.25. The fraction of sp³-hybridized carbons (Fsp3) is 0. The lowest BCUT2D eigenvalue weighted by molar-refractivity contribution is 0.463. The van der Waals surface area contributed by atoms with Crippen molar-refractivity contribution < 1.29 is 13.9 Å². The van der Waals surface area contributed by atoms with E-state index in [-0.39, 0.29) is 16.5 Å². The third-order valence-corrected chi connectivity index (χ3v) is 3.51. The van der Waals surface area contributed by atoms with Gasteiger partial charge in [-0.3, -0.25) is 0 Å². The normalized spacial score (nSPS) is 10.5. The van der Waals surface area contributed by atoms with Crippen LogP contribution in [0.3, 0.4) is 0 Å². The predicted molar refractivity (Wildman–Crippen MR) is 74.0 cm³/mol. The van der Waals surface area contributed by atoms with Crippen molar-refractivity contribution in [2.24, 2.45) is 0 Å². The molecule has 0 fully saturated rings. The molecule has 0 aliphatic heterocycles. The Morgan fingerprint density at radius 3 is 2.26 bits per heavy atom. The van der Waals surface area contributed by atoms with Crippen molar-refractivity contribution in [2.75, 3.05) is 4.72 Å². The molecule has 0 saturated carbocycles. The van der Waals surface area contributed by atoms with Crippen LogP contribution in [0, 0.1) is 11.6 Å². The number of hydrogen-bond acceptors (Lipinski definition) is 3. The second-order valence-corrected chi connectivity index (χ2v) is 5.29. The van der Waals surface area contributed by atoms with Crippen molar-refractivity contribution in [3.8, 4) is 5.75 Å². The molecule has 0 heterocycles. The first-order valence-corrected chi connectivity index (χ1v) is 6.60. The smallest absolute Gasteiger partial charge is 0.149 e. The minimum absolute atomic E-state index is 0.0993. The Labute approximate surface area is 122 Å². The molecule has 2 aromatic carbocycles. The summed E-state index contributed by atoms with van der Waals surface area (Å²) in [5.74, 6) is -1.55. The molecule has 100 valence electrons. The van der Waals surface area contributed by atoms with Crippen molar-refractivity contribution in [2.45, 2.75) is 4.90 Å². The Balaban J connectivity index is 2.19. The van der Waals surface area contributed by atoms with Gasteiger partial charge in [0.25, 0.3) is 0 Å². The van der Waals surface area contributed by atoms with E-state index in [9.17, 15) is 13.9 Å². The summed E-state index contributed by atoms with van der Waals surface area (Å²) in [7, 11) is 0. The second kappa shape index (κ2) is 5.86. The first kappa shape index (κ1) is 14.2. The van der Waals surface area contributed by atoms with Gasteiger partial charge in [0.1, 0.15) is 17.4 Å². The Hall–Kier alpha value is -1.17. The van der Waals surface area contributed by atoms with Crippen LogP contribution in [0.25, 0.3) is 0 Å². The third kappa shape index (κ3) is 3.65. The lowest BCUT2D eigenvalue weighted by atomic mass is 10.3. The molecule has 0 spiro atoms. The SMILES string of the molecule is Oc1c(Cl)cc(Cl)cc1SNc1cc(F)cc(F)c1. The summed E-state index contributed by atoms with van der Waals surface area (Å²) in [6.07, 6.45) is 0. The molecule has 2 aromatic rings. The Morgan fingerprint density at radius 1 is 1.00 bits per heavy atom. The van der Waals surface area contributed by atoms with Crippen LogP contribution in [0.2, 0.25) is 10.0 Å². The average molecular weight is 322 g/mol. The van der Waals surface area contributed by atoms with E-state index in [1.807, 2.05) is 0 Å². The van der Waals surface area contributed by atoms with Gasteiger partial charge in [0.05, 0.1) is 15.6 Å². The second-order valence-electron chi connectivity index (χ2n) is 3.60. The number of phenolic OH excluding ortho intramolecular Hbond substituents is 1. The van der Waals surface area contributed by atoms with Gasteiger partial charge in [-0.2, -0.15) is 0 Å². The number of benzene rings is 2. The largest absolute Gasteiger partial charge is 0.505 e. The molecule has 0 atom stereocenters. The summed E-state index contributed by atoms with van der Waals surface area (Å²) >= 11 is 12.5. The molecule has 0 aliphatic rings. The number of nitrogens with one attached hydrogen (secondary N) is 1. The third-order valence-electron chi connectivity index (χ3n) is 2.13. The number of aromatic hydroxyl groups is 1. The van der Waals surface area contributed by atoms with Crippen molar-refractivity contribution in [3.63, 3.8) is 0 Å². The van der Waals surface area contributed by atoms with E-state index in [2.05, 4.69) is 4.72 Å². The highest BCUT2D eigenvalue weighted by molar-refractivity contribution is 8.00. The van der Waals surface area contributed by atoms with Crippen LogP contribution in [0.15, 0.2) is 35.2 Å². The van der Waals surface area contributed by atoms with Gasteiger partial charge in [0.15, 0.2) is 0 Å². The van der Waals surface area contributed by atoms with E-state index < -0.39 is 11.6 Å². The molecule has 0 aliphatic carbocycles. The van der Waals surface area contributed by atoms with Gasteiger partial charge in [-0.05, 0) is 36.2 Å². The van der Waals surface area contributed by atoms with Crippen LogP contribution < -0.4 is 4.72 Å². The number of rotatable bonds is 3. The molecule has 2 N–H and O–H groups in total. The fourth-order valence-electron chi connectivity index (χ4n) is 1.35. The Kier molecular flexibility index (Phi) is 4.39. The molecule has 0 unspecified atom stereocenters. The molecule has 2 nitrogen and oxygen atoms in total. The number of anilines is 1. The highest BCUT2D eigenvalue weighted by Gasteiger charge is 2.09. The molecule has 19 heavy (non-hydrogen) atoms. The standard InChI is InChI=1S/C12H7Cl2F2NOS/c13-6-1-10(14)12(18)11(2-6)19-17-9-4-7(15)3-8(16)5-9/h1-5,17-18H. The van der Waals surface area contributed by atoms with Gasteiger partial charge in [-0.25, -0.2) is 8.78 Å². The van der Waals surface area contributed by atoms with Gasteiger partial charge in [0, 0.05) is 11.1 Å². The maximum Gasteiger partial charge on any atom is 0.149 e. The minimum atomic E-state index is -0.698. The number of hydrogen-bond donors (Lipinski definition) is 2. The van der Waals surface area contributed by atoms with Crippen molar-refractivity contribution in [1.29, 1.82) is 0 Å². The molecular formula is C12H7Cl2F2NOS. The summed E-state index contributed by atoms with van der Waals surface area (Å²) in [6, 6.07) is 5.89. The molecule has 7 heteroatoms. The minimum Gasteiger partial charge on any atom is -0.505 e. The molecule has 0 saturated heterocycles. The number of halogens is 4. The maximum atomic E-state index is 13.0. The van der Waals surface area contributed by atoms with Crippen LogP contribution in [-0.4, -0.2) is 5.11 Å². The van der Waals surface area contributed by atoms with Crippen molar-refractivity contribution in [1.82, 2.24) is 0 Å². The summed E-state index contributed by atoms with van der Waals surface area (Å²) < 4.78 is 28.7. The summed E-state index contributed by atoms with van der Waals surface area (Å²) in [4.78, 5) is 0.349. The van der Waals surface area contributed by atoms with Gasteiger partial charge in [0.2, 0.25) is 0 Å². The van der Waals surface area contributed by atoms with E-state index in [1.165, 1.54) is 12.1 Å². The summed E-state index contributed by atoms with van der Waals surface area (Å²) in [6.45, 7) is 0. The first-order chi connectivity index (χ1) is 8.95. The lowest BCUT2D eigenvalue weighted by Crippen LogP contribution is -1.90. The lowest BCUT2D eigenvalue weighted by Gasteiger charge is -2.09. The Bertz CT molecular complexity index is 605. The molecule has 2 rings (SSSR count). The van der Waals surface area contributed by atoms with Crippen LogP contribution in [0.5, 0.6) is 5.75 Å². The highest BCUT2D eigenvalue weighted by Crippen LogP contribution is 2.37. The summed E-state index contributed by atoms with van der Waals surface area (Å²) in [5.41, 5.74) is 0.220. The Morgan fingerprint density at radius 2 is 1.63 bits per heavy atom. The predicted octanol–water partition coefficient (Wildman–Crippen LogP) is 5.10. The summed E-state index contributed by atoms with van der Waals surface area (Å²) in [5, 5.41) is 10.2. The van der Waals surface area contributed by atoms with Gasteiger partial charge >= 0.3 is 0 Å². The number of phenols is 1. The van der Waals surface area contributed by atoms with Crippen molar-refractivity contribution >= 4 is 40.8 Å². The monoisotopic (exact) mass is 321 g/mol. The molecule has 0 radical (unpaired) electrons. The van der Waals surface area contributed by atoms with E-state index in [4.69, 9.17) is 23.2 Å². The van der Waals surface area contributed by atoms with E-state index >= 15 is 0 Å². The van der Waals surface area contributed by atoms with E-state index in [0.717, 1.165) is 30.1 Å². The van der Waals surface area contributed by atoms with Crippen LogP contribution in [0.4, 0.5) is 14.5 Å². The van der Waals surface area contributed by atoms with Gasteiger partial charge in [-0.1, -0.05) is 23.2 Å². The zero-order valence-corrected chi connectivity index (χ0v) is 11.6.